The Balaban J connectivity index is 2.26. The molecule has 86 valence electrons. The van der Waals surface area contributed by atoms with Crippen LogP contribution in [-0.4, -0.2) is 20.4 Å². The zero-order chi connectivity index (χ0) is 11.5. The highest BCUT2D eigenvalue weighted by atomic mass is 32.2. The van der Waals surface area contributed by atoms with Crippen LogP contribution in [0.3, 0.4) is 0 Å². The lowest BCUT2D eigenvalue weighted by molar-refractivity contribution is 0.844. The van der Waals surface area contributed by atoms with Crippen molar-refractivity contribution >= 4 is 17.4 Å². The van der Waals surface area contributed by atoms with Crippen LogP contribution in [0.2, 0.25) is 0 Å². The molecule has 2 heterocycles. The molecule has 0 N–H and O–H groups in total. The number of fused-ring (bicyclic) bond motifs is 1. The van der Waals surface area contributed by atoms with E-state index in [4.69, 9.17) is 0 Å². The Morgan fingerprint density at radius 3 is 2.88 bits per heavy atom. The lowest BCUT2D eigenvalue weighted by Gasteiger charge is -1.99. The van der Waals surface area contributed by atoms with E-state index in [0.29, 0.717) is 0 Å². The minimum Gasteiger partial charge on any atom is -0.234 e. The Bertz CT molecular complexity index is 490. The Morgan fingerprint density at radius 1 is 1.31 bits per heavy atom. The van der Waals surface area contributed by atoms with Gasteiger partial charge in [-0.05, 0) is 32.1 Å². The number of rotatable bonds is 4. The molecule has 16 heavy (non-hydrogen) atoms. The van der Waals surface area contributed by atoms with Gasteiger partial charge >= 0.3 is 0 Å². The fraction of sp³-hybridized carbons (Fsp3) is 0.500. The highest BCUT2D eigenvalue weighted by molar-refractivity contribution is 7.99. The van der Waals surface area contributed by atoms with Crippen molar-refractivity contribution < 1.29 is 0 Å². The molecule has 0 amide bonds. The fourth-order valence-electron chi connectivity index (χ4n) is 1.66. The second kappa shape index (κ2) is 4.87. The Hall–Kier alpha value is -1.03. The van der Waals surface area contributed by atoms with Crippen molar-refractivity contribution in [1.82, 2.24) is 14.6 Å². The van der Waals surface area contributed by atoms with Gasteiger partial charge in [-0.3, -0.25) is 0 Å². The van der Waals surface area contributed by atoms with Crippen molar-refractivity contribution in [3.63, 3.8) is 0 Å². The quantitative estimate of drug-likeness (QED) is 0.602. The van der Waals surface area contributed by atoms with Crippen molar-refractivity contribution in [2.24, 2.45) is 0 Å². The lowest BCUT2D eigenvalue weighted by atomic mass is 10.3. The van der Waals surface area contributed by atoms with Crippen LogP contribution in [0.25, 0.3) is 5.65 Å². The third kappa shape index (κ3) is 2.38. The first-order chi connectivity index (χ1) is 7.70. The van der Waals surface area contributed by atoms with Crippen LogP contribution >= 0.6 is 11.8 Å². The molecule has 0 aliphatic heterocycles. The smallest absolute Gasteiger partial charge is 0.156 e. The van der Waals surface area contributed by atoms with Crippen LogP contribution in [0.1, 0.15) is 31.2 Å². The lowest BCUT2D eigenvalue weighted by Crippen LogP contribution is -1.96. The third-order valence-corrected chi connectivity index (χ3v) is 3.45. The summed E-state index contributed by atoms with van der Waals surface area (Å²) in [5.41, 5.74) is 3.15. The molecule has 0 spiro atoms. The van der Waals surface area contributed by atoms with Crippen LogP contribution in [0.4, 0.5) is 0 Å². The highest BCUT2D eigenvalue weighted by Gasteiger charge is 2.05. The average Bonchev–Trinajstić information content (AvgIpc) is 2.61. The van der Waals surface area contributed by atoms with E-state index in [1.54, 1.807) is 0 Å². The summed E-state index contributed by atoms with van der Waals surface area (Å²) < 4.78 is 1.92. The van der Waals surface area contributed by atoms with Gasteiger partial charge in [0.2, 0.25) is 0 Å². The second-order valence-electron chi connectivity index (χ2n) is 3.99. The number of aromatic nitrogens is 3. The summed E-state index contributed by atoms with van der Waals surface area (Å²) >= 11 is 1.81. The SMILES string of the molecule is CCCCSc1cc2nc(C)cc(C)n2n1. The van der Waals surface area contributed by atoms with Gasteiger partial charge in [0, 0.05) is 17.5 Å². The van der Waals surface area contributed by atoms with Crippen molar-refractivity contribution in [2.75, 3.05) is 5.75 Å². The van der Waals surface area contributed by atoms with Crippen LogP contribution in [0.15, 0.2) is 17.2 Å². The minimum atomic E-state index is 0.955. The predicted octanol–water partition coefficient (Wildman–Crippen LogP) is 3.24. The van der Waals surface area contributed by atoms with Gasteiger partial charge in [-0.15, -0.1) is 11.8 Å². The predicted molar refractivity (Wildman–Crippen MR) is 68.1 cm³/mol. The van der Waals surface area contributed by atoms with Gasteiger partial charge in [0.15, 0.2) is 5.65 Å². The van der Waals surface area contributed by atoms with Crippen molar-refractivity contribution in [3.8, 4) is 0 Å². The van der Waals surface area contributed by atoms with Crippen molar-refractivity contribution in [1.29, 1.82) is 0 Å². The van der Waals surface area contributed by atoms with Crippen molar-refractivity contribution in [3.05, 3.63) is 23.5 Å². The second-order valence-corrected chi connectivity index (χ2v) is 5.11. The summed E-state index contributed by atoms with van der Waals surface area (Å²) in [5.74, 6) is 1.14. The molecule has 0 bridgehead atoms. The number of hydrogen-bond acceptors (Lipinski definition) is 3. The van der Waals surface area contributed by atoms with Gasteiger partial charge in [-0.2, -0.15) is 5.10 Å². The molecule has 2 aromatic heterocycles. The van der Waals surface area contributed by atoms with Gasteiger partial charge in [0.25, 0.3) is 0 Å². The van der Waals surface area contributed by atoms with Gasteiger partial charge < -0.3 is 0 Å². The number of unbranched alkanes of at least 4 members (excludes halogenated alkanes) is 1. The van der Waals surface area contributed by atoms with Gasteiger partial charge in [-0.1, -0.05) is 13.3 Å². The summed E-state index contributed by atoms with van der Waals surface area (Å²) in [5, 5.41) is 5.62. The van der Waals surface area contributed by atoms with Gasteiger partial charge in [0.1, 0.15) is 5.03 Å². The zero-order valence-corrected chi connectivity index (χ0v) is 10.8. The van der Waals surface area contributed by atoms with Gasteiger partial charge in [0.05, 0.1) is 0 Å². The zero-order valence-electron chi connectivity index (χ0n) is 10.0. The van der Waals surface area contributed by atoms with Crippen molar-refractivity contribution in [2.45, 2.75) is 38.6 Å². The molecule has 0 fully saturated rings. The molecule has 0 saturated heterocycles. The summed E-state index contributed by atoms with van der Waals surface area (Å²) in [6, 6.07) is 4.13. The van der Waals surface area contributed by atoms with Crippen LogP contribution in [0, 0.1) is 13.8 Å². The molecule has 3 nitrogen and oxygen atoms in total. The Labute approximate surface area is 100 Å². The fourth-order valence-corrected chi connectivity index (χ4v) is 2.63. The summed E-state index contributed by atoms with van der Waals surface area (Å²) in [6.45, 7) is 6.29. The highest BCUT2D eigenvalue weighted by Crippen LogP contribution is 2.19. The van der Waals surface area contributed by atoms with E-state index in [-0.39, 0.29) is 0 Å². The molecular formula is C12H17N3S. The Kier molecular flexibility index (Phi) is 3.49. The van der Waals surface area contributed by atoms with Gasteiger partial charge in [-0.25, -0.2) is 9.50 Å². The van der Waals surface area contributed by atoms with Crippen LogP contribution in [-0.2, 0) is 0 Å². The van der Waals surface area contributed by atoms with E-state index in [1.165, 1.54) is 12.8 Å². The van der Waals surface area contributed by atoms with Crippen LogP contribution < -0.4 is 0 Å². The topological polar surface area (TPSA) is 30.2 Å². The molecular weight excluding hydrogens is 218 g/mol. The number of aryl methyl sites for hydroxylation is 2. The molecule has 4 heteroatoms. The number of hydrogen-bond donors (Lipinski definition) is 0. The van der Waals surface area contributed by atoms with E-state index < -0.39 is 0 Å². The van der Waals surface area contributed by atoms with E-state index in [1.807, 2.05) is 23.2 Å². The van der Waals surface area contributed by atoms with Crippen LogP contribution in [0.5, 0.6) is 0 Å². The summed E-state index contributed by atoms with van der Waals surface area (Å²) in [4.78, 5) is 4.47. The molecule has 0 aromatic carbocycles. The first-order valence-corrected chi connectivity index (χ1v) is 6.66. The van der Waals surface area contributed by atoms with E-state index in [9.17, 15) is 0 Å². The molecule has 2 rings (SSSR count). The summed E-state index contributed by atoms with van der Waals surface area (Å²) in [7, 11) is 0. The molecule has 2 aromatic rings. The maximum Gasteiger partial charge on any atom is 0.156 e. The third-order valence-electron chi connectivity index (χ3n) is 2.46. The van der Waals surface area contributed by atoms with E-state index in [0.717, 1.165) is 27.8 Å². The maximum atomic E-state index is 4.54. The maximum absolute atomic E-state index is 4.54. The first kappa shape index (κ1) is 11.5. The average molecular weight is 235 g/mol. The molecule has 0 unspecified atom stereocenters. The summed E-state index contributed by atoms with van der Waals surface area (Å²) in [6.07, 6.45) is 2.47. The molecule has 0 aliphatic rings. The Morgan fingerprint density at radius 2 is 2.12 bits per heavy atom. The molecule has 0 atom stereocenters. The largest absolute Gasteiger partial charge is 0.234 e. The molecule has 0 radical (unpaired) electrons. The van der Waals surface area contributed by atoms with E-state index in [2.05, 4.69) is 36.1 Å². The normalized spacial score (nSPS) is 11.2. The van der Waals surface area contributed by atoms with E-state index >= 15 is 0 Å². The minimum absolute atomic E-state index is 0.955. The number of nitrogens with zero attached hydrogens (tertiary/aromatic N) is 3. The number of thioether (sulfide) groups is 1. The molecule has 0 aliphatic carbocycles. The standard InChI is InChI=1S/C12H17N3S/c1-4-5-6-16-12-8-11-13-9(2)7-10(3)15(11)14-12/h7-8H,4-6H2,1-3H3. The first-order valence-electron chi connectivity index (χ1n) is 5.67. The molecule has 0 saturated carbocycles. The monoisotopic (exact) mass is 235 g/mol.